The van der Waals surface area contributed by atoms with Crippen molar-refractivity contribution in [1.29, 1.82) is 0 Å². The maximum absolute atomic E-state index is 10.8. The average Bonchev–Trinajstić information content (AvgIpc) is 2.91. The summed E-state index contributed by atoms with van der Waals surface area (Å²) in [5.41, 5.74) is 0. The molecule has 1 saturated carbocycles. The molecule has 1 aliphatic carbocycles. The van der Waals surface area contributed by atoms with Crippen LogP contribution in [0.15, 0.2) is 12.1 Å². The second-order valence-electron chi connectivity index (χ2n) is 4.83. The van der Waals surface area contributed by atoms with E-state index in [1.165, 1.54) is 42.0 Å². The topological polar surface area (TPSA) is 40.5 Å². The molecule has 1 N–H and O–H groups in total. The first kappa shape index (κ1) is 10.3. The molecular weight excluding hydrogens is 222 g/mol. The van der Waals surface area contributed by atoms with Gasteiger partial charge >= 0.3 is 5.97 Å². The Balaban J connectivity index is 1.68. The number of rotatable bonds is 3. The van der Waals surface area contributed by atoms with Crippen LogP contribution in [-0.2, 0) is 6.54 Å². The summed E-state index contributed by atoms with van der Waals surface area (Å²) >= 11 is 1.41. The van der Waals surface area contributed by atoms with Crippen molar-refractivity contribution in [2.75, 3.05) is 6.54 Å². The van der Waals surface area contributed by atoms with E-state index >= 15 is 0 Å². The van der Waals surface area contributed by atoms with Crippen molar-refractivity contribution in [3.05, 3.63) is 21.9 Å². The van der Waals surface area contributed by atoms with E-state index in [0.29, 0.717) is 4.88 Å². The van der Waals surface area contributed by atoms with Crippen molar-refractivity contribution in [2.45, 2.75) is 31.8 Å². The third kappa shape index (κ3) is 1.76. The van der Waals surface area contributed by atoms with Gasteiger partial charge in [-0.05, 0) is 37.3 Å². The van der Waals surface area contributed by atoms with E-state index in [1.54, 1.807) is 6.07 Å². The maximum atomic E-state index is 10.8. The Morgan fingerprint density at radius 2 is 2.38 bits per heavy atom. The van der Waals surface area contributed by atoms with Crippen LogP contribution in [0.1, 0.15) is 33.8 Å². The van der Waals surface area contributed by atoms with Crippen LogP contribution < -0.4 is 0 Å². The van der Waals surface area contributed by atoms with Gasteiger partial charge in [0, 0.05) is 24.0 Å². The zero-order valence-corrected chi connectivity index (χ0v) is 9.87. The molecule has 2 bridgehead atoms. The zero-order valence-electron chi connectivity index (χ0n) is 9.06. The van der Waals surface area contributed by atoms with Crippen molar-refractivity contribution >= 4 is 17.3 Å². The van der Waals surface area contributed by atoms with Gasteiger partial charge < -0.3 is 5.11 Å². The summed E-state index contributed by atoms with van der Waals surface area (Å²) in [6, 6.07) is 4.44. The van der Waals surface area contributed by atoms with E-state index in [1.807, 2.05) is 6.07 Å². The first-order chi connectivity index (χ1) is 7.72. The highest BCUT2D eigenvalue weighted by Gasteiger charge is 2.37. The summed E-state index contributed by atoms with van der Waals surface area (Å²) in [7, 11) is 0. The third-order valence-corrected chi connectivity index (χ3v) is 4.81. The standard InChI is InChI=1S/C12H15NO2S/c14-12(15)11-4-3-10(16-11)7-13-6-8-1-2-9(13)5-8/h3-4,8-9H,1-2,5-7H2,(H,14,15). The van der Waals surface area contributed by atoms with Crippen LogP contribution in [0.5, 0.6) is 0 Å². The number of carboxylic acids is 1. The molecule has 16 heavy (non-hydrogen) atoms. The molecule has 2 heterocycles. The smallest absolute Gasteiger partial charge is 0.345 e. The van der Waals surface area contributed by atoms with Gasteiger partial charge in [-0.2, -0.15) is 0 Å². The average molecular weight is 237 g/mol. The van der Waals surface area contributed by atoms with E-state index in [-0.39, 0.29) is 0 Å². The normalized spacial score (nSPS) is 28.8. The van der Waals surface area contributed by atoms with Crippen molar-refractivity contribution in [1.82, 2.24) is 4.90 Å². The number of fused-ring (bicyclic) bond motifs is 2. The molecule has 1 aromatic heterocycles. The fourth-order valence-corrected chi connectivity index (χ4v) is 3.87. The van der Waals surface area contributed by atoms with Crippen molar-refractivity contribution < 1.29 is 9.90 Å². The van der Waals surface area contributed by atoms with Gasteiger partial charge in [-0.25, -0.2) is 4.79 Å². The Kier molecular flexibility index (Phi) is 2.48. The lowest BCUT2D eigenvalue weighted by Gasteiger charge is -2.25. The highest BCUT2D eigenvalue weighted by molar-refractivity contribution is 7.13. The van der Waals surface area contributed by atoms with Gasteiger partial charge in [-0.1, -0.05) is 0 Å². The highest BCUT2D eigenvalue weighted by Crippen LogP contribution is 2.38. The summed E-state index contributed by atoms with van der Waals surface area (Å²) in [5, 5.41) is 8.86. The minimum atomic E-state index is -0.806. The SMILES string of the molecule is O=C(O)c1ccc(CN2CC3CCC2C3)s1. The number of aromatic carboxylic acids is 1. The summed E-state index contributed by atoms with van der Waals surface area (Å²) < 4.78 is 0. The molecule has 4 heteroatoms. The molecule has 1 aliphatic heterocycles. The van der Waals surface area contributed by atoms with Crippen LogP contribution in [0.25, 0.3) is 0 Å². The van der Waals surface area contributed by atoms with Crippen LogP contribution in [0.2, 0.25) is 0 Å². The lowest BCUT2D eigenvalue weighted by molar-refractivity contribution is 0.0702. The Morgan fingerprint density at radius 3 is 2.94 bits per heavy atom. The molecule has 0 amide bonds. The molecule has 2 fully saturated rings. The molecule has 0 spiro atoms. The van der Waals surface area contributed by atoms with Gasteiger partial charge in [0.2, 0.25) is 0 Å². The summed E-state index contributed by atoms with van der Waals surface area (Å²) in [6.07, 6.45) is 4.09. The molecule has 2 aliphatic rings. The van der Waals surface area contributed by atoms with Crippen LogP contribution in [0, 0.1) is 5.92 Å². The molecule has 2 unspecified atom stereocenters. The number of carbonyl (C=O) groups is 1. The summed E-state index contributed by atoms with van der Waals surface area (Å²) in [4.78, 5) is 14.9. The Labute approximate surface area is 98.7 Å². The third-order valence-electron chi connectivity index (χ3n) is 3.75. The number of nitrogens with zero attached hydrogens (tertiary/aromatic N) is 1. The minimum Gasteiger partial charge on any atom is -0.477 e. The van der Waals surface area contributed by atoms with Gasteiger partial charge in [0.25, 0.3) is 0 Å². The number of carboxylic acid groups (broad SMARTS) is 1. The van der Waals surface area contributed by atoms with E-state index in [4.69, 9.17) is 5.11 Å². The molecular formula is C12H15NO2S. The number of hydrogen-bond acceptors (Lipinski definition) is 3. The molecule has 0 radical (unpaired) electrons. The fraction of sp³-hybridized carbons (Fsp3) is 0.583. The lowest BCUT2D eigenvalue weighted by Crippen LogP contribution is -2.31. The predicted octanol–water partition coefficient (Wildman–Crippen LogP) is 2.43. The molecule has 2 atom stereocenters. The lowest BCUT2D eigenvalue weighted by atomic mass is 10.1. The van der Waals surface area contributed by atoms with Gasteiger partial charge in [0.1, 0.15) is 4.88 Å². The van der Waals surface area contributed by atoms with Crippen LogP contribution in [0.4, 0.5) is 0 Å². The maximum Gasteiger partial charge on any atom is 0.345 e. The molecule has 1 saturated heterocycles. The van der Waals surface area contributed by atoms with E-state index in [0.717, 1.165) is 18.5 Å². The first-order valence-corrected chi connectivity index (χ1v) is 6.60. The van der Waals surface area contributed by atoms with Crippen LogP contribution in [0.3, 0.4) is 0 Å². The fourth-order valence-electron chi connectivity index (χ4n) is 3.00. The van der Waals surface area contributed by atoms with Gasteiger partial charge in [-0.3, -0.25) is 4.90 Å². The molecule has 3 rings (SSSR count). The highest BCUT2D eigenvalue weighted by atomic mass is 32.1. The molecule has 0 aromatic carbocycles. The second kappa shape index (κ2) is 3.86. The zero-order chi connectivity index (χ0) is 11.1. The van der Waals surface area contributed by atoms with E-state index in [9.17, 15) is 4.79 Å². The number of piperidine rings is 1. The molecule has 3 nitrogen and oxygen atoms in total. The summed E-state index contributed by atoms with van der Waals surface area (Å²) in [6.45, 7) is 2.16. The van der Waals surface area contributed by atoms with Gasteiger partial charge in [0.05, 0.1) is 0 Å². The molecule has 1 aromatic rings. The van der Waals surface area contributed by atoms with Gasteiger partial charge in [-0.15, -0.1) is 11.3 Å². The van der Waals surface area contributed by atoms with Crippen LogP contribution in [-0.4, -0.2) is 28.6 Å². The number of thiophene rings is 1. The van der Waals surface area contributed by atoms with Crippen molar-refractivity contribution in [3.8, 4) is 0 Å². The quantitative estimate of drug-likeness (QED) is 0.877. The Morgan fingerprint density at radius 1 is 1.50 bits per heavy atom. The number of hydrogen-bond donors (Lipinski definition) is 1. The summed E-state index contributed by atoms with van der Waals surface area (Å²) in [5.74, 6) is 0.100. The van der Waals surface area contributed by atoms with E-state index < -0.39 is 5.97 Å². The Hall–Kier alpha value is -0.870. The van der Waals surface area contributed by atoms with E-state index in [2.05, 4.69) is 4.90 Å². The largest absolute Gasteiger partial charge is 0.477 e. The first-order valence-electron chi connectivity index (χ1n) is 5.78. The van der Waals surface area contributed by atoms with Gasteiger partial charge in [0.15, 0.2) is 0 Å². The van der Waals surface area contributed by atoms with Crippen molar-refractivity contribution in [3.63, 3.8) is 0 Å². The van der Waals surface area contributed by atoms with Crippen LogP contribution >= 0.6 is 11.3 Å². The minimum absolute atomic E-state index is 0.458. The Bertz CT molecular complexity index is 415. The monoisotopic (exact) mass is 237 g/mol. The molecule has 86 valence electrons. The second-order valence-corrected chi connectivity index (χ2v) is 6.00. The number of likely N-dealkylation sites (tertiary alicyclic amines) is 1. The van der Waals surface area contributed by atoms with Crippen molar-refractivity contribution in [2.24, 2.45) is 5.92 Å². The predicted molar refractivity (Wildman–Crippen MR) is 62.8 cm³/mol.